The van der Waals surface area contributed by atoms with E-state index in [9.17, 15) is 0 Å². The van der Waals surface area contributed by atoms with Crippen LogP contribution in [0, 0.1) is 5.92 Å². The minimum atomic E-state index is -4.67. The maximum Gasteiger partial charge on any atom is 0.394 e. The second-order valence-corrected chi connectivity index (χ2v) is 6.55. The number of aromatic nitrogens is 2. The fourth-order valence-corrected chi connectivity index (χ4v) is 3.42. The summed E-state index contributed by atoms with van der Waals surface area (Å²) in [5.74, 6) is 1.19. The van der Waals surface area contributed by atoms with Gasteiger partial charge in [-0.25, -0.2) is 9.97 Å². The predicted octanol–water partition coefficient (Wildman–Crippen LogP) is 0.605. The summed E-state index contributed by atoms with van der Waals surface area (Å²) in [6.45, 7) is 4.67. The van der Waals surface area contributed by atoms with Crippen LogP contribution in [0.1, 0.15) is 31.0 Å². The minimum absolute atomic E-state index is 0.422. The van der Waals surface area contributed by atoms with Crippen LogP contribution in [0.5, 0.6) is 0 Å². The van der Waals surface area contributed by atoms with Gasteiger partial charge in [0.2, 0.25) is 5.95 Å². The molecule has 2 aliphatic rings. The molecule has 0 aromatic carbocycles. The van der Waals surface area contributed by atoms with Gasteiger partial charge in [0.25, 0.3) is 0 Å². The highest BCUT2D eigenvalue weighted by Gasteiger charge is 2.35. The highest BCUT2D eigenvalue weighted by atomic mass is 32.3. The Morgan fingerprint density at radius 2 is 2.09 bits per heavy atom. The molecule has 2 heterocycles. The smallest absolute Gasteiger partial charge is 0.368 e. The summed E-state index contributed by atoms with van der Waals surface area (Å²) < 4.78 is 31.6. The van der Waals surface area contributed by atoms with E-state index in [-0.39, 0.29) is 0 Å². The molecule has 2 atom stereocenters. The van der Waals surface area contributed by atoms with Crippen LogP contribution in [0.4, 0.5) is 5.95 Å². The van der Waals surface area contributed by atoms with Crippen molar-refractivity contribution in [1.29, 1.82) is 0 Å². The molecule has 1 saturated heterocycles. The number of anilines is 1. The van der Waals surface area contributed by atoms with Crippen molar-refractivity contribution in [2.45, 2.75) is 38.6 Å². The Morgan fingerprint density at radius 3 is 2.73 bits per heavy atom. The standard InChI is InChI=1S/C13H20N4.H2O4S/c1-2-17-5-3-4-9-6-11-10(7-12(9)17)8-15-13(14)16-11;1-5(2,3)4/h8-9,12H,2-7H2,1H3,(H2,14,15,16);(H2,1,2,3,4)/t9-,12-;/m0./s1. The molecule has 0 radical (unpaired) electrons. The number of fused-ring (bicyclic) bond motifs is 2. The van der Waals surface area contributed by atoms with E-state index in [1.54, 1.807) is 0 Å². The average Bonchev–Trinajstić information content (AvgIpc) is 2.42. The molecule has 22 heavy (non-hydrogen) atoms. The second-order valence-electron chi connectivity index (χ2n) is 5.65. The molecular weight excluding hydrogens is 308 g/mol. The molecule has 9 heteroatoms. The molecule has 1 aliphatic heterocycles. The maximum atomic E-state index is 8.74. The van der Waals surface area contributed by atoms with Crippen molar-refractivity contribution in [3.05, 3.63) is 17.5 Å². The number of rotatable bonds is 1. The van der Waals surface area contributed by atoms with E-state index in [1.165, 1.54) is 30.6 Å². The number of likely N-dealkylation sites (N-methyl/N-ethyl adjacent to an activating group) is 1. The number of hydrogen-bond acceptors (Lipinski definition) is 6. The van der Waals surface area contributed by atoms with Gasteiger partial charge in [0, 0.05) is 17.9 Å². The molecule has 0 amide bonds. The summed E-state index contributed by atoms with van der Waals surface area (Å²) in [5, 5.41) is 0. The molecule has 0 unspecified atom stereocenters. The number of nitrogen functional groups attached to an aromatic ring is 1. The Balaban J connectivity index is 0.000000309. The molecule has 1 aromatic rings. The van der Waals surface area contributed by atoms with E-state index in [2.05, 4.69) is 21.8 Å². The first-order chi connectivity index (χ1) is 10.3. The number of piperidine rings is 1. The van der Waals surface area contributed by atoms with Crippen LogP contribution in [0.15, 0.2) is 6.20 Å². The Kier molecular flexibility index (Phi) is 5.32. The van der Waals surface area contributed by atoms with Gasteiger partial charge in [-0.3, -0.25) is 9.11 Å². The van der Waals surface area contributed by atoms with E-state index >= 15 is 0 Å². The van der Waals surface area contributed by atoms with E-state index in [0.717, 1.165) is 25.3 Å². The van der Waals surface area contributed by atoms with Gasteiger partial charge >= 0.3 is 10.4 Å². The van der Waals surface area contributed by atoms with Crippen LogP contribution >= 0.6 is 0 Å². The quantitative estimate of drug-likeness (QED) is 0.638. The monoisotopic (exact) mass is 330 g/mol. The molecule has 1 fully saturated rings. The molecule has 3 rings (SSSR count). The highest BCUT2D eigenvalue weighted by molar-refractivity contribution is 7.79. The molecule has 8 nitrogen and oxygen atoms in total. The van der Waals surface area contributed by atoms with Gasteiger partial charge in [-0.15, -0.1) is 0 Å². The van der Waals surface area contributed by atoms with Crippen molar-refractivity contribution in [3.63, 3.8) is 0 Å². The van der Waals surface area contributed by atoms with Gasteiger partial charge in [-0.2, -0.15) is 8.42 Å². The Bertz CT molecular complexity index is 614. The SMILES string of the molecule is CCN1CCC[C@H]2Cc3nc(N)ncc3C[C@@H]21.O=S(=O)(O)O. The third-order valence-electron chi connectivity index (χ3n) is 4.30. The Labute approximate surface area is 130 Å². The van der Waals surface area contributed by atoms with Crippen molar-refractivity contribution >= 4 is 16.3 Å². The van der Waals surface area contributed by atoms with Crippen LogP contribution < -0.4 is 5.73 Å². The zero-order chi connectivity index (χ0) is 16.3. The van der Waals surface area contributed by atoms with Crippen molar-refractivity contribution in [1.82, 2.24) is 14.9 Å². The zero-order valence-corrected chi connectivity index (χ0v) is 13.3. The summed E-state index contributed by atoms with van der Waals surface area (Å²) in [6.07, 6.45) is 6.78. The van der Waals surface area contributed by atoms with Crippen LogP contribution in [-0.2, 0) is 23.2 Å². The summed E-state index contributed by atoms with van der Waals surface area (Å²) >= 11 is 0. The lowest BCUT2D eigenvalue weighted by Crippen LogP contribution is -2.49. The molecule has 1 aliphatic carbocycles. The van der Waals surface area contributed by atoms with Crippen molar-refractivity contribution < 1.29 is 17.5 Å². The lowest BCUT2D eigenvalue weighted by atomic mass is 9.77. The number of nitrogens with two attached hydrogens (primary N) is 1. The molecule has 124 valence electrons. The predicted molar refractivity (Wildman–Crippen MR) is 81.8 cm³/mol. The summed E-state index contributed by atoms with van der Waals surface area (Å²) in [7, 11) is -4.67. The molecular formula is C13H22N4O4S. The number of hydrogen-bond donors (Lipinski definition) is 3. The van der Waals surface area contributed by atoms with E-state index in [4.69, 9.17) is 23.3 Å². The summed E-state index contributed by atoms with van der Waals surface area (Å²) in [4.78, 5) is 11.2. The second kappa shape index (κ2) is 6.86. The molecule has 1 aromatic heterocycles. The molecule has 0 bridgehead atoms. The van der Waals surface area contributed by atoms with Crippen LogP contribution in [0.3, 0.4) is 0 Å². The normalized spacial score (nSPS) is 24.7. The van der Waals surface area contributed by atoms with Crippen LogP contribution in [-0.4, -0.2) is 51.5 Å². The Hall–Kier alpha value is -1.29. The van der Waals surface area contributed by atoms with Gasteiger partial charge in [-0.1, -0.05) is 6.92 Å². The summed E-state index contributed by atoms with van der Waals surface area (Å²) in [6, 6.07) is 0.702. The fourth-order valence-electron chi connectivity index (χ4n) is 3.42. The fraction of sp³-hybridized carbons (Fsp3) is 0.692. The first-order valence-corrected chi connectivity index (χ1v) is 8.71. The van der Waals surface area contributed by atoms with Crippen LogP contribution in [0.2, 0.25) is 0 Å². The molecule has 4 N–H and O–H groups in total. The average molecular weight is 330 g/mol. The lowest BCUT2D eigenvalue weighted by Gasteiger charge is -2.43. The van der Waals surface area contributed by atoms with E-state index in [1.807, 2.05) is 6.20 Å². The van der Waals surface area contributed by atoms with Crippen LogP contribution in [0.25, 0.3) is 0 Å². The summed E-state index contributed by atoms with van der Waals surface area (Å²) in [5.41, 5.74) is 8.17. The van der Waals surface area contributed by atoms with Crippen molar-refractivity contribution in [3.8, 4) is 0 Å². The zero-order valence-electron chi connectivity index (χ0n) is 12.5. The van der Waals surface area contributed by atoms with E-state index < -0.39 is 10.4 Å². The third-order valence-corrected chi connectivity index (χ3v) is 4.30. The topological polar surface area (TPSA) is 130 Å². The van der Waals surface area contributed by atoms with Gasteiger partial charge in [-0.05, 0) is 50.3 Å². The van der Waals surface area contributed by atoms with Gasteiger partial charge in [0.15, 0.2) is 0 Å². The maximum absolute atomic E-state index is 8.74. The first-order valence-electron chi connectivity index (χ1n) is 7.32. The highest BCUT2D eigenvalue weighted by Crippen LogP contribution is 2.33. The number of nitrogens with zero attached hydrogens (tertiary/aromatic N) is 3. The van der Waals surface area contributed by atoms with Gasteiger partial charge < -0.3 is 10.6 Å². The van der Waals surface area contributed by atoms with Crippen molar-refractivity contribution in [2.75, 3.05) is 18.8 Å². The number of likely N-dealkylation sites (tertiary alicyclic amines) is 1. The van der Waals surface area contributed by atoms with E-state index in [0.29, 0.717) is 12.0 Å². The van der Waals surface area contributed by atoms with Gasteiger partial charge in [0.1, 0.15) is 0 Å². The molecule has 0 spiro atoms. The molecule has 0 saturated carbocycles. The van der Waals surface area contributed by atoms with Gasteiger partial charge in [0.05, 0.1) is 0 Å². The first kappa shape index (κ1) is 17.1. The lowest BCUT2D eigenvalue weighted by molar-refractivity contribution is 0.0899. The third kappa shape index (κ3) is 4.60. The largest absolute Gasteiger partial charge is 0.394 e. The Morgan fingerprint density at radius 1 is 1.41 bits per heavy atom. The minimum Gasteiger partial charge on any atom is -0.368 e. The van der Waals surface area contributed by atoms with Crippen molar-refractivity contribution in [2.24, 2.45) is 5.92 Å².